The highest BCUT2D eigenvalue weighted by molar-refractivity contribution is 5.73. The van der Waals surface area contributed by atoms with E-state index in [1.165, 1.54) is 6.42 Å². The zero-order valence-corrected chi connectivity index (χ0v) is 12.0. The Kier molecular flexibility index (Phi) is 12.2. The lowest BCUT2D eigenvalue weighted by Crippen LogP contribution is -2.47. The Morgan fingerprint density at radius 3 is 1.75 bits per heavy atom. The van der Waals surface area contributed by atoms with Gasteiger partial charge in [0.2, 0.25) is 5.91 Å². The van der Waals surface area contributed by atoms with Crippen molar-refractivity contribution in [2.45, 2.75) is 67.1 Å². The van der Waals surface area contributed by atoms with Crippen molar-refractivity contribution in [2.24, 2.45) is 0 Å². The predicted octanol–water partition coefficient (Wildman–Crippen LogP) is 3.08. The molecule has 0 aromatic heterocycles. The third-order valence-electron chi connectivity index (χ3n) is 1.86. The van der Waals surface area contributed by atoms with Gasteiger partial charge in [0.1, 0.15) is 0 Å². The number of amides is 1. The molecule has 1 heterocycles. The van der Waals surface area contributed by atoms with Gasteiger partial charge in [-0.3, -0.25) is 4.79 Å². The highest BCUT2D eigenvalue weighted by Crippen LogP contribution is 2.09. The van der Waals surface area contributed by atoms with E-state index in [9.17, 15) is 4.79 Å². The van der Waals surface area contributed by atoms with E-state index in [-0.39, 0.29) is 18.1 Å². The van der Waals surface area contributed by atoms with Crippen LogP contribution in [0.15, 0.2) is 0 Å². The fraction of sp³-hybridized carbons (Fsp3) is 0.923. The van der Waals surface area contributed by atoms with Gasteiger partial charge in [0, 0.05) is 20.0 Å². The summed E-state index contributed by atoms with van der Waals surface area (Å²) in [6.07, 6.45) is 1.62. The average molecular weight is 231 g/mol. The molecule has 0 aromatic rings. The van der Waals surface area contributed by atoms with Crippen LogP contribution in [0.4, 0.5) is 0 Å². The van der Waals surface area contributed by atoms with Crippen LogP contribution >= 0.6 is 0 Å². The molecule has 0 spiro atoms. The van der Waals surface area contributed by atoms with Crippen LogP contribution in [0.2, 0.25) is 0 Å². The molecular formula is C13H29NO2. The van der Waals surface area contributed by atoms with Crippen molar-refractivity contribution in [1.82, 2.24) is 4.90 Å². The van der Waals surface area contributed by atoms with Crippen molar-refractivity contribution >= 4 is 5.91 Å². The molecule has 3 heteroatoms. The van der Waals surface area contributed by atoms with E-state index in [4.69, 9.17) is 4.74 Å². The minimum atomic E-state index is 0.145. The second-order valence-electron chi connectivity index (χ2n) is 3.89. The van der Waals surface area contributed by atoms with Gasteiger partial charge in [-0.15, -0.1) is 0 Å². The van der Waals surface area contributed by atoms with Crippen LogP contribution in [0.3, 0.4) is 0 Å². The number of carbonyl (C=O) groups is 1. The normalized spacial score (nSPS) is 23.6. The molecule has 1 rings (SSSR count). The Labute approximate surface area is 101 Å². The molecule has 3 nitrogen and oxygen atoms in total. The van der Waals surface area contributed by atoms with Gasteiger partial charge < -0.3 is 9.64 Å². The molecule has 1 saturated heterocycles. The molecule has 1 fully saturated rings. The van der Waals surface area contributed by atoms with Gasteiger partial charge >= 0.3 is 0 Å². The van der Waals surface area contributed by atoms with Gasteiger partial charge in [-0.2, -0.15) is 0 Å². The van der Waals surface area contributed by atoms with Gasteiger partial charge in [0.05, 0.1) is 12.2 Å². The van der Waals surface area contributed by atoms with Crippen molar-refractivity contribution in [2.75, 3.05) is 13.1 Å². The van der Waals surface area contributed by atoms with Gasteiger partial charge in [-0.1, -0.05) is 34.1 Å². The maximum absolute atomic E-state index is 11.0. The van der Waals surface area contributed by atoms with Crippen LogP contribution in [-0.4, -0.2) is 36.1 Å². The summed E-state index contributed by atoms with van der Waals surface area (Å²) in [7, 11) is 0. The predicted molar refractivity (Wildman–Crippen MR) is 69.6 cm³/mol. The Morgan fingerprint density at radius 2 is 1.50 bits per heavy atom. The molecule has 0 bridgehead atoms. The molecule has 2 atom stereocenters. The number of hydrogen-bond donors (Lipinski definition) is 0. The highest BCUT2D eigenvalue weighted by Gasteiger charge is 2.23. The number of ether oxygens (including phenoxy) is 1. The first-order valence-corrected chi connectivity index (χ1v) is 6.42. The van der Waals surface area contributed by atoms with E-state index in [1.807, 2.05) is 32.6 Å². The molecule has 0 saturated carbocycles. The second kappa shape index (κ2) is 10.9. The van der Waals surface area contributed by atoms with Crippen LogP contribution in [-0.2, 0) is 9.53 Å². The van der Waals surface area contributed by atoms with Crippen LogP contribution in [0, 0.1) is 0 Å². The molecule has 0 N–H and O–H groups in total. The van der Waals surface area contributed by atoms with Crippen LogP contribution in [0.5, 0.6) is 0 Å². The smallest absolute Gasteiger partial charge is 0.219 e. The first kappa shape index (κ1) is 17.8. The van der Waals surface area contributed by atoms with Crippen LogP contribution in [0.25, 0.3) is 0 Å². The summed E-state index contributed by atoms with van der Waals surface area (Å²) in [5, 5.41) is 0. The Bertz CT molecular complexity index is 161. The third-order valence-corrected chi connectivity index (χ3v) is 1.86. The van der Waals surface area contributed by atoms with Gasteiger partial charge in [0.15, 0.2) is 0 Å². The van der Waals surface area contributed by atoms with Crippen molar-refractivity contribution in [3.05, 3.63) is 0 Å². The number of nitrogens with zero attached hydrogens (tertiary/aromatic N) is 1. The minimum Gasteiger partial charge on any atom is -0.372 e. The van der Waals surface area contributed by atoms with Crippen LogP contribution in [0.1, 0.15) is 54.9 Å². The Balaban J connectivity index is 0. The zero-order chi connectivity index (χ0) is 13.1. The second-order valence-corrected chi connectivity index (χ2v) is 3.89. The standard InChI is InChI=1S/C8H15NO2.C3H8.C2H6/c1-6-4-9(8(3)10)5-7(2)11-6;1-3-2;1-2/h6-7H,4-5H2,1-3H3;3H2,1-2H3;1-2H3. The lowest BCUT2D eigenvalue weighted by atomic mass is 10.2. The molecule has 1 amide bonds. The molecule has 0 aromatic carbocycles. The maximum Gasteiger partial charge on any atom is 0.219 e. The van der Waals surface area contributed by atoms with E-state index in [1.54, 1.807) is 6.92 Å². The lowest BCUT2D eigenvalue weighted by Gasteiger charge is -2.34. The molecule has 16 heavy (non-hydrogen) atoms. The fourth-order valence-corrected chi connectivity index (χ4v) is 1.44. The van der Waals surface area contributed by atoms with E-state index < -0.39 is 0 Å². The summed E-state index contributed by atoms with van der Waals surface area (Å²) < 4.78 is 5.47. The SMILES string of the molecule is CC.CC(=O)N1CC(C)OC(C)C1.CCC. The number of hydrogen-bond acceptors (Lipinski definition) is 2. The number of morpholine rings is 1. The quantitative estimate of drug-likeness (QED) is 0.641. The molecule has 1 aliphatic heterocycles. The maximum atomic E-state index is 11.0. The average Bonchev–Trinajstić information content (AvgIpc) is 2.20. The van der Waals surface area contributed by atoms with Gasteiger partial charge in [0.25, 0.3) is 0 Å². The molecule has 0 aliphatic carbocycles. The Hall–Kier alpha value is -0.570. The third kappa shape index (κ3) is 8.72. The lowest BCUT2D eigenvalue weighted by molar-refractivity contribution is -0.140. The number of carbonyl (C=O) groups excluding carboxylic acids is 1. The summed E-state index contributed by atoms with van der Waals surface area (Å²) in [4.78, 5) is 12.8. The zero-order valence-electron chi connectivity index (χ0n) is 12.0. The summed E-state index contributed by atoms with van der Waals surface area (Å²) in [5.41, 5.74) is 0. The van der Waals surface area contributed by atoms with Crippen molar-refractivity contribution < 1.29 is 9.53 Å². The van der Waals surface area contributed by atoms with Crippen molar-refractivity contribution in [1.29, 1.82) is 0 Å². The molecule has 2 unspecified atom stereocenters. The van der Waals surface area contributed by atoms with Crippen molar-refractivity contribution in [3.8, 4) is 0 Å². The Morgan fingerprint density at radius 1 is 1.19 bits per heavy atom. The largest absolute Gasteiger partial charge is 0.372 e. The van der Waals surface area contributed by atoms with E-state index in [2.05, 4.69) is 13.8 Å². The van der Waals surface area contributed by atoms with E-state index in [0.717, 1.165) is 13.1 Å². The number of rotatable bonds is 0. The molecule has 0 radical (unpaired) electrons. The highest BCUT2D eigenvalue weighted by atomic mass is 16.5. The van der Waals surface area contributed by atoms with Gasteiger partial charge in [-0.05, 0) is 13.8 Å². The first-order valence-electron chi connectivity index (χ1n) is 6.42. The van der Waals surface area contributed by atoms with Crippen LogP contribution < -0.4 is 0 Å². The molecular weight excluding hydrogens is 202 g/mol. The molecule has 1 aliphatic rings. The summed E-state index contributed by atoms with van der Waals surface area (Å²) in [6, 6.07) is 0. The van der Waals surface area contributed by atoms with E-state index >= 15 is 0 Å². The minimum absolute atomic E-state index is 0.145. The summed E-state index contributed by atoms with van der Waals surface area (Å²) >= 11 is 0. The molecule has 98 valence electrons. The van der Waals surface area contributed by atoms with Gasteiger partial charge in [-0.25, -0.2) is 0 Å². The topological polar surface area (TPSA) is 29.5 Å². The summed E-state index contributed by atoms with van der Waals surface area (Å²) in [5.74, 6) is 0.145. The van der Waals surface area contributed by atoms with E-state index in [0.29, 0.717) is 0 Å². The monoisotopic (exact) mass is 231 g/mol. The fourth-order valence-electron chi connectivity index (χ4n) is 1.44. The van der Waals surface area contributed by atoms with Crippen molar-refractivity contribution in [3.63, 3.8) is 0 Å². The summed E-state index contributed by atoms with van der Waals surface area (Å²) in [6.45, 7) is 15.3. The first-order chi connectivity index (χ1) is 7.51.